The van der Waals surface area contributed by atoms with Crippen LogP contribution in [-0.4, -0.2) is 19.1 Å². The molecule has 2 aromatic carbocycles. The Morgan fingerprint density at radius 3 is 2.59 bits per heavy atom. The van der Waals surface area contributed by atoms with Gasteiger partial charge < -0.3 is 10.1 Å². The van der Waals surface area contributed by atoms with Gasteiger partial charge in [-0.15, -0.1) is 0 Å². The van der Waals surface area contributed by atoms with Crippen LogP contribution in [0, 0.1) is 11.6 Å². The van der Waals surface area contributed by atoms with Gasteiger partial charge >= 0.3 is 0 Å². The van der Waals surface area contributed by atoms with Crippen molar-refractivity contribution in [1.82, 2.24) is 5.32 Å². The Balaban J connectivity index is 1.65. The van der Waals surface area contributed by atoms with Crippen molar-refractivity contribution in [2.75, 3.05) is 13.2 Å². The summed E-state index contributed by atoms with van der Waals surface area (Å²) in [5.41, 5.74) is 0.377. The topological polar surface area (TPSA) is 38.3 Å². The zero-order valence-electron chi connectivity index (χ0n) is 12.0. The van der Waals surface area contributed by atoms with Gasteiger partial charge in [0.1, 0.15) is 17.4 Å². The standard InChI is InChI=1S/C17H17F2NO2/c18-14-7-6-13(16(19)12-14)8-10-20-17(21)9-11-22-15-4-2-1-3-5-15/h1-7,12H,8-11H2,(H,20,21). The molecule has 0 spiro atoms. The number of hydrogen-bond acceptors (Lipinski definition) is 2. The van der Waals surface area contributed by atoms with Gasteiger partial charge in [0.05, 0.1) is 13.0 Å². The average molecular weight is 305 g/mol. The first-order valence-corrected chi connectivity index (χ1v) is 7.03. The van der Waals surface area contributed by atoms with E-state index in [0.29, 0.717) is 24.3 Å². The van der Waals surface area contributed by atoms with Gasteiger partial charge in [-0.25, -0.2) is 8.78 Å². The molecule has 0 bridgehead atoms. The summed E-state index contributed by atoms with van der Waals surface area (Å²) in [5, 5.41) is 2.68. The Morgan fingerprint density at radius 1 is 1.09 bits per heavy atom. The van der Waals surface area contributed by atoms with Crippen LogP contribution >= 0.6 is 0 Å². The molecule has 0 aliphatic carbocycles. The van der Waals surface area contributed by atoms with E-state index in [9.17, 15) is 13.6 Å². The van der Waals surface area contributed by atoms with Crippen molar-refractivity contribution in [2.45, 2.75) is 12.8 Å². The van der Waals surface area contributed by atoms with E-state index in [1.165, 1.54) is 12.1 Å². The fraction of sp³-hybridized carbons (Fsp3) is 0.235. The number of rotatable bonds is 7. The zero-order chi connectivity index (χ0) is 15.8. The molecule has 1 amide bonds. The molecule has 0 radical (unpaired) electrons. The lowest BCUT2D eigenvalue weighted by Crippen LogP contribution is -2.27. The van der Waals surface area contributed by atoms with Crippen LogP contribution in [0.15, 0.2) is 48.5 Å². The molecular weight excluding hydrogens is 288 g/mol. The van der Waals surface area contributed by atoms with Crippen molar-refractivity contribution in [3.05, 3.63) is 65.7 Å². The molecule has 22 heavy (non-hydrogen) atoms. The number of para-hydroxylation sites is 1. The first kappa shape index (κ1) is 15.9. The minimum atomic E-state index is -0.608. The number of amides is 1. The lowest BCUT2D eigenvalue weighted by molar-refractivity contribution is -0.121. The van der Waals surface area contributed by atoms with Crippen LogP contribution in [0.3, 0.4) is 0 Å². The van der Waals surface area contributed by atoms with Gasteiger partial charge in [-0.1, -0.05) is 24.3 Å². The number of hydrogen-bond donors (Lipinski definition) is 1. The van der Waals surface area contributed by atoms with Crippen LogP contribution < -0.4 is 10.1 Å². The Labute approximate surface area is 127 Å². The first-order chi connectivity index (χ1) is 10.6. The monoisotopic (exact) mass is 305 g/mol. The molecule has 0 saturated carbocycles. The van der Waals surface area contributed by atoms with E-state index in [4.69, 9.17) is 4.74 Å². The second-order valence-corrected chi connectivity index (χ2v) is 4.75. The summed E-state index contributed by atoms with van der Waals surface area (Å²) in [7, 11) is 0. The molecule has 1 N–H and O–H groups in total. The molecule has 116 valence electrons. The van der Waals surface area contributed by atoms with Gasteiger partial charge in [0.2, 0.25) is 5.91 Å². The summed E-state index contributed by atoms with van der Waals surface area (Å²) >= 11 is 0. The average Bonchev–Trinajstić information content (AvgIpc) is 2.50. The summed E-state index contributed by atoms with van der Waals surface area (Å²) in [6.07, 6.45) is 0.540. The van der Waals surface area contributed by atoms with E-state index in [1.54, 1.807) is 0 Å². The van der Waals surface area contributed by atoms with Crippen LogP contribution in [-0.2, 0) is 11.2 Å². The van der Waals surface area contributed by atoms with Gasteiger partial charge in [0.15, 0.2) is 0 Å². The maximum absolute atomic E-state index is 13.4. The van der Waals surface area contributed by atoms with Crippen molar-refractivity contribution >= 4 is 5.91 Å². The largest absolute Gasteiger partial charge is 0.493 e. The van der Waals surface area contributed by atoms with Crippen molar-refractivity contribution < 1.29 is 18.3 Å². The van der Waals surface area contributed by atoms with Gasteiger partial charge in [-0.05, 0) is 30.2 Å². The van der Waals surface area contributed by atoms with E-state index in [1.807, 2.05) is 30.3 Å². The second kappa shape index (κ2) is 8.12. The van der Waals surface area contributed by atoms with Gasteiger partial charge in [0.25, 0.3) is 0 Å². The van der Waals surface area contributed by atoms with E-state index < -0.39 is 11.6 Å². The lowest BCUT2D eigenvalue weighted by atomic mass is 10.1. The van der Waals surface area contributed by atoms with Crippen LogP contribution in [0.1, 0.15) is 12.0 Å². The summed E-state index contributed by atoms with van der Waals surface area (Å²) in [4.78, 5) is 11.6. The normalized spacial score (nSPS) is 10.3. The van der Waals surface area contributed by atoms with E-state index in [-0.39, 0.29) is 18.9 Å². The molecule has 0 aliphatic rings. The maximum Gasteiger partial charge on any atom is 0.223 e. The van der Waals surface area contributed by atoms with Crippen molar-refractivity contribution in [1.29, 1.82) is 0 Å². The highest BCUT2D eigenvalue weighted by Gasteiger charge is 2.05. The van der Waals surface area contributed by atoms with Gasteiger partial charge in [-0.3, -0.25) is 4.79 Å². The molecular formula is C17H17F2NO2. The number of nitrogens with one attached hydrogen (secondary N) is 1. The van der Waals surface area contributed by atoms with Crippen LogP contribution in [0.4, 0.5) is 8.78 Å². The quantitative estimate of drug-likeness (QED) is 0.853. The molecule has 5 heteroatoms. The fourth-order valence-electron chi connectivity index (χ4n) is 1.93. The molecule has 0 aliphatic heterocycles. The fourth-order valence-corrected chi connectivity index (χ4v) is 1.93. The van der Waals surface area contributed by atoms with Crippen molar-refractivity contribution in [3.8, 4) is 5.75 Å². The third-order valence-corrected chi connectivity index (χ3v) is 3.07. The Hall–Kier alpha value is -2.43. The van der Waals surface area contributed by atoms with E-state index in [0.717, 1.165) is 6.07 Å². The van der Waals surface area contributed by atoms with Gasteiger partial charge in [-0.2, -0.15) is 0 Å². The molecule has 0 fully saturated rings. The number of halogens is 2. The number of benzene rings is 2. The number of carbonyl (C=O) groups is 1. The summed E-state index contributed by atoms with van der Waals surface area (Å²) in [6, 6.07) is 12.6. The zero-order valence-corrected chi connectivity index (χ0v) is 12.0. The highest BCUT2D eigenvalue weighted by Crippen LogP contribution is 2.10. The highest BCUT2D eigenvalue weighted by molar-refractivity contribution is 5.75. The Kier molecular flexibility index (Phi) is 5.89. The first-order valence-electron chi connectivity index (χ1n) is 7.03. The Morgan fingerprint density at radius 2 is 1.86 bits per heavy atom. The minimum absolute atomic E-state index is 0.168. The third-order valence-electron chi connectivity index (χ3n) is 3.07. The molecule has 2 aromatic rings. The summed E-state index contributed by atoms with van der Waals surface area (Å²) in [5.74, 6) is -0.660. The predicted molar refractivity (Wildman–Crippen MR) is 79.6 cm³/mol. The van der Waals surface area contributed by atoms with Crippen molar-refractivity contribution in [3.63, 3.8) is 0 Å². The second-order valence-electron chi connectivity index (χ2n) is 4.75. The Bertz CT molecular complexity index is 617. The molecule has 2 rings (SSSR count). The smallest absolute Gasteiger partial charge is 0.223 e. The maximum atomic E-state index is 13.4. The summed E-state index contributed by atoms with van der Waals surface area (Å²) in [6.45, 7) is 0.577. The van der Waals surface area contributed by atoms with Crippen LogP contribution in [0.2, 0.25) is 0 Å². The molecule has 3 nitrogen and oxygen atoms in total. The van der Waals surface area contributed by atoms with E-state index >= 15 is 0 Å². The molecule has 0 atom stereocenters. The van der Waals surface area contributed by atoms with Crippen LogP contribution in [0.5, 0.6) is 5.75 Å². The molecule has 0 unspecified atom stereocenters. The molecule has 0 heterocycles. The highest BCUT2D eigenvalue weighted by atomic mass is 19.1. The van der Waals surface area contributed by atoms with Crippen LogP contribution in [0.25, 0.3) is 0 Å². The number of carbonyl (C=O) groups excluding carboxylic acids is 1. The third kappa shape index (κ3) is 5.16. The minimum Gasteiger partial charge on any atom is -0.493 e. The predicted octanol–water partition coefficient (Wildman–Crippen LogP) is 3.09. The number of ether oxygens (including phenoxy) is 1. The van der Waals surface area contributed by atoms with Crippen molar-refractivity contribution in [2.24, 2.45) is 0 Å². The SMILES string of the molecule is O=C(CCOc1ccccc1)NCCc1ccc(F)cc1F. The van der Waals surface area contributed by atoms with E-state index in [2.05, 4.69) is 5.32 Å². The summed E-state index contributed by atoms with van der Waals surface area (Å²) < 4.78 is 31.6. The lowest BCUT2D eigenvalue weighted by Gasteiger charge is -2.08. The molecule has 0 saturated heterocycles. The van der Waals surface area contributed by atoms with Gasteiger partial charge in [0, 0.05) is 12.6 Å². The molecule has 0 aromatic heterocycles.